The number of carbonyl (C=O) groups is 4. The number of hydrogen-bond donors (Lipinski definition) is 2. The van der Waals surface area contributed by atoms with Crippen LogP contribution in [0.4, 0.5) is 4.79 Å². The van der Waals surface area contributed by atoms with Crippen LogP contribution in [-0.4, -0.2) is 53.4 Å². The van der Waals surface area contributed by atoms with Gasteiger partial charge < -0.3 is 15.4 Å². The van der Waals surface area contributed by atoms with Gasteiger partial charge in [0.25, 0.3) is 11.8 Å². The van der Waals surface area contributed by atoms with E-state index in [1.165, 1.54) is 6.42 Å². The van der Waals surface area contributed by atoms with Crippen molar-refractivity contribution in [2.75, 3.05) is 13.2 Å². The average Bonchev–Trinajstić information content (AvgIpc) is 3.19. The molecule has 1 saturated heterocycles. The second-order valence-electron chi connectivity index (χ2n) is 8.02. The van der Waals surface area contributed by atoms with Crippen LogP contribution >= 0.6 is 0 Å². The number of amides is 4. The Morgan fingerprint density at radius 1 is 1.19 bits per heavy atom. The summed E-state index contributed by atoms with van der Waals surface area (Å²) in [5.41, 5.74) is -0.766. The summed E-state index contributed by atoms with van der Waals surface area (Å²) in [7, 11) is 0. The topological polar surface area (TPSA) is 105 Å². The average molecular weight is 379 g/mol. The van der Waals surface area contributed by atoms with Crippen LogP contribution in [0.15, 0.2) is 0 Å². The third kappa shape index (κ3) is 4.42. The molecular formula is C19H29N3O5. The Hall–Kier alpha value is -2.12. The van der Waals surface area contributed by atoms with E-state index >= 15 is 0 Å². The molecule has 2 atom stereocenters. The van der Waals surface area contributed by atoms with E-state index in [-0.39, 0.29) is 37.4 Å². The lowest BCUT2D eigenvalue weighted by Gasteiger charge is -2.29. The monoisotopic (exact) mass is 379 g/mol. The molecule has 4 amide bonds. The van der Waals surface area contributed by atoms with E-state index in [1.807, 2.05) is 0 Å². The second-order valence-corrected chi connectivity index (χ2v) is 8.02. The van der Waals surface area contributed by atoms with Gasteiger partial charge in [0.15, 0.2) is 6.61 Å². The van der Waals surface area contributed by atoms with Gasteiger partial charge in [-0.15, -0.1) is 0 Å². The molecule has 27 heavy (non-hydrogen) atoms. The predicted molar refractivity (Wildman–Crippen MR) is 96.6 cm³/mol. The first kappa shape index (κ1) is 19.6. The molecule has 8 nitrogen and oxygen atoms in total. The van der Waals surface area contributed by atoms with Gasteiger partial charge in [-0.2, -0.15) is 0 Å². The Labute approximate surface area is 159 Å². The van der Waals surface area contributed by atoms with Gasteiger partial charge in [0, 0.05) is 12.6 Å². The van der Waals surface area contributed by atoms with E-state index in [0.717, 1.165) is 37.0 Å². The predicted octanol–water partition coefficient (Wildman–Crippen LogP) is 1.48. The van der Waals surface area contributed by atoms with E-state index in [4.69, 9.17) is 4.74 Å². The fraction of sp³-hybridized carbons (Fsp3) is 0.789. The minimum absolute atomic E-state index is 0.0213. The van der Waals surface area contributed by atoms with Crippen LogP contribution in [0, 0.1) is 5.92 Å². The highest BCUT2D eigenvalue weighted by Gasteiger charge is 2.52. The molecule has 0 aromatic rings. The molecule has 0 bridgehead atoms. The number of nitrogens with zero attached hydrogens (tertiary/aromatic N) is 1. The van der Waals surface area contributed by atoms with Gasteiger partial charge in [-0.3, -0.25) is 19.3 Å². The molecule has 1 heterocycles. The first-order valence-electron chi connectivity index (χ1n) is 10.0. The van der Waals surface area contributed by atoms with E-state index in [2.05, 4.69) is 17.6 Å². The summed E-state index contributed by atoms with van der Waals surface area (Å²) in [6.07, 6.45) is 7.36. The van der Waals surface area contributed by atoms with Crippen molar-refractivity contribution in [2.45, 2.75) is 76.3 Å². The number of nitrogens with one attached hydrogen (secondary N) is 2. The number of rotatable bonds is 6. The Kier molecular flexibility index (Phi) is 6.01. The zero-order chi connectivity index (χ0) is 19.4. The minimum atomic E-state index is -0.766. The number of ether oxygens (including phenoxy) is 1. The minimum Gasteiger partial charge on any atom is -0.456 e. The van der Waals surface area contributed by atoms with Crippen LogP contribution in [0.3, 0.4) is 0 Å². The van der Waals surface area contributed by atoms with Crippen LogP contribution in [0.5, 0.6) is 0 Å². The normalized spacial score (nSPS) is 26.9. The van der Waals surface area contributed by atoms with Gasteiger partial charge in [-0.1, -0.05) is 32.6 Å². The van der Waals surface area contributed by atoms with Crippen molar-refractivity contribution in [3.8, 4) is 0 Å². The smallest absolute Gasteiger partial charge is 0.325 e. The van der Waals surface area contributed by atoms with Gasteiger partial charge >= 0.3 is 12.0 Å². The standard InChI is InChI=1S/C19H29N3O5/c1-13-6-2-3-7-14(13)20-15(23)12-27-16(24)8-11-22-17(25)19(21-18(22)26)9-4-5-10-19/h13-14H,2-12H2,1H3,(H,20,23)(H,21,26)/t13-,14+/m1/s1. The van der Waals surface area contributed by atoms with Gasteiger partial charge in [0.2, 0.25) is 0 Å². The third-order valence-electron chi connectivity index (χ3n) is 6.06. The molecule has 1 aliphatic heterocycles. The van der Waals surface area contributed by atoms with E-state index in [1.54, 1.807) is 0 Å². The number of hydrogen-bond acceptors (Lipinski definition) is 5. The van der Waals surface area contributed by atoms with E-state index in [9.17, 15) is 19.2 Å². The number of imide groups is 1. The maximum Gasteiger partial charge on any atom is 0.325 e. The van der Waals surface area contributed by atoms with E-state index < -0.39 is 17.5 Å². The molecular weight excluding hydrogens is 350 g/mol. The van der Waals surface area contributed by atoms with Crippen LogP contribution < -0.4 is 10.6 Å². The molecule has 0 radical (unpaired) electrons. The molecule has 8 heteroatoms. The highest BCUT2D eigenvalue weighted by Crippen LogP contribution is 2.35. The lowest BCUT2D eigenvalue weighted by Crippen LogP contribution is -2.44. The van der Waals surface area contributed by atoms with Crippen molar-refractivity contribution in [3.05, 3.63) is 0 Å². The summed E-state index contributed by atoms with van der Waals surface area (Å²) in [6, 6.07) is -0.308. The maximum atomic E-state index is 12.5. The van der Waals surface area contributed by atoms with Crippen LogP contribution in [0.1, 0.15) is 64.7 Å². The number of carbonyl (C=O) groups excluding carboxylic acids is 4. The summed E-state index contributed by atoms with van der Waals surface area (Å²) >= 11 is 0. The summed E-state index contributed by atoms with van der Waals surface area (Å²) in [4.78, 5) is 49.5. The molecule has 3 fully saturated rings. The van der Waals surface area contributed by atoms with Crippen molar-refractivity contribution in [2.24, 2.45) is 5.92 Å². The summed E-state index contributed by atoms with van der Waals surface area (Å²) in [5.74, 6) is -0.709. The van der Waals surface area contributed by atoms with Crippen LogP contribution in [-0.2, 0) is 19.1 Å². The van der Waals surface area contributed by atoms with Gasteiger partial charge in [0.05, 0.1) is 6.42 Å². The fourth-order valence-electron chi connectivity index (χ4n) is 4.40. The molecule has 0 aromatic heterocycles. The molecule has 2 N–H and O–H groups in total. The lowest BCUT2D eigenvalue weighted by molar-refractivity contribution is -0.149. The zero-order valence-corrected chi connectivity index (χ0v) is 15.9. The van der Waals surface area contributed by atoms with Crippen molar-refractivity contribution in [3.63, 3.8) is 0 Å². The zero-order valence-electron chi connectivity index (χ0n) is 15.9. The molecule has 0 unspecified atom stereocenters. The lowest BCUT2D eigenvalue weighted by atomic mass is 9.86. The van der Waals surface area contributed by atoms with Crippen LogP contribution in [0.25, 0.3) is 0 Å². The maximum absolute atomic E-state index is 12.5. The largest absolute Gasteiger partial charge is 0.456 e. The number of esters is 1. The Bertz CT molecular complexity index is 614. The SMILES string of the molecule is C[C@@H]1CCCC[C@@H]1NC(=O)COC(=O)CCN1C(=O)NC2(CCCC2)C1=O. The quantitative estimate of drug-likeness (QED) is 0.537. The van der Waals surface area contributed by atoms with Gasteiger partial charge in [-0.25, -0.2) is 4.79 Å². The van der Waals surface area contributed by atoms with Crippen molar-refractivity contribution >= 4 is 23.8 Å². The van der Waals surface area contributed by atoms with Crippen molar-refractivity contribution in [1.82, 2.24) is 15.5 Å². The van der Waals surface area contributed by atoms with Gasteiger partial charge in [0.1, 0.15) is 5.54 Å². The van der Waals surface area contributed by atoms with E-state index in [0.29, 0.717) is 18.8 Å². The first-order valence-corrected chi connectivity index (χ1v) is 10.0. The molecule has 1 spiro atoms. The summed E-state index contributed by atoms with van der Waals surface area (Å²) in [5, 5.41) is 5.70. The third-order valence-corrected chi connectivity index (χ3v) is 6.06. The molecule has 2 saturated carbocycles. The van der Waals surface area contributed by atoms with Crippen molar-refractivity contribution < 1.29 is 23.9 Å². The number of urea groups is 1. The highest BCUT2D eigenvalue weighted by molar-refractivity contribution is 6.07. The Morgan fingerprint density at radius 3 is 2.59 bits per heavy atom. The van der Waals surface area contributed by atoms with Crippen LogP contribution in [0.2, 0.25) is 0 Å². The Morgan fingerprint density at radius 2 is 1.89 bits per heavy atom. The molecule has 2 aliphatic carbocycles. The fourth-order valence-corrected chi connectivity index (χ4v) is 4.40. The van der Waals surface area contributed by atoms with Gasteiger partial charge in [-0.05, 0) is 31.6 Å². The summed E-state index contributed by atoms with van der Waals surface area (Å²) in [6.45, 7) is 1.77. The second kappa shape index (κ2) is 8.27. The highest BCUT2D eigenvalue weighted by atomic mass is 16.5. The molecule has 150 valence electrons. The molecule has 3 rings (SSSR count). The first-order chi connectivity index (χ1) is 12.9. The molecule has 3 aliphatic rings. The van der Waals surface area contributed by atoms with Crippen molar-refractivity contribution in [1.29, 1.82) is 0 Å². The molecule has 0 aromatic carbocycles. The Balaban J connectivity index is 1.39. The summed E-state index contributed by atoms with van der Waals surface area (Å²) < 4.78 is 5.01.